The molecule has 8 rings (SSSR count). The number of esters is 4. The number of carboxylic acid groups (broad SMARTS) is 4. The summed E-state index contributed by atoms with van der Waals surface area (Å²) in [6.45, 7) is 0. The Kier molecular flexibility index (Phi) is 11.6. The van der Waals surface area contributed by atoms with E-state index in [1.807, 2.05) is 0 Å². The molecular formula is C44H50O17S. The van der Waals surface area contributed by atoms with E-state index >= 15 is 0 Å². The zero-order valence-electron chi connectivity index (χ0n) is 34.0. The van der Waals surface area contributed by atoms with Crippen LogP contribution in [0.15, 0.2) is 28.7 Å². The Balaban J connectivity index is 1.15. The van der Waals surface area contributed by atoms with Crippen LogP contribution in [-0.4, -0.2) is 89.9 Å². The molecule has 0 amide bonds. The minimum absolute atomic E-state index is 0.138. The number of carbonyl (C=O) groups excluding carboxylic acids is 4. The molecule has 62 heavy (non-hydrogen) atoms. The van der Waals surface area contributed by atoms with Gasteiger partial charge in [-0.25, -0.2) is 0 Å². The van der Waals surface area contributed by atoms with E-state index in [1.54, 1.807) is 23.9 Å². The predicted molar refractivity (Wildman–Crippen MR) is 213 cm³/mol. The van der Waals surface area contributed by atoms with E-state index in [1.165, 1.54) is 0 Å². The van der Waals surface area contributed by atoms with Crippen molar-refractivity contribution in [1.29, 1.82) is 0 Å². The van der Waals surface area contributed by atoms with Crippen molar-refractivity contribution < 1.29 is 82.1 Å². The highest BCUT2D eigenvalue weighted by molar-refractivity contribution is 8.01. The van der Waals surface area contributed by atoms with E-state index in [9.17, 15) is 58.8 Å². The van der Waals surface area contributed by atoms with Crippen molar-refractivity contribution in [2.75, 3.05) is 0 Å². The molecule has 4 saturated carbocycles. The summed E-state index contributed by atoms with van der Waals surface area (Å²) < 4.78 is 31.1. The van der Waals surface area contributed by atoms with Gasteiger partial charge in [0.2, 0.25) is 0 Å². The Morgan fingerprint density at radius 1 is 0.532 bits per heavy atom. The van der Waals surface area contributed by atoms with Gasteiger partial charge in [-0.2, -0.15) is 0 Å². The predicted octanol–water partition coefficient (Wildman–Crippen LogP) is 5.84. The fraction of sp³-hybridized carbons (Fsp3) is 0.636. The van der Waals surface area contributed by atoms with Crippen LogP contribution in [-0.2, 0) is 68.5 Å². The topological polar surface area (TPSA) is 268 Å². The van der Waals surface area contributed by atoms with E-state index in [0.29, 0.717) is 86.5 Å². The lowest BCUT2D eigenvalue weighted by atomic mass is 9.64. The first-order valence-corrected chi connectivity index (χ1v) is 22.3. The van der Waals surface area contributed by atoms with Gasteiger partial charge < -0.3 is 43.8 Å². The average molecular weight is 883 g/mol. The first-order chi connectivity index (χ1) is 29.5. The van der Waals surface area contributed by atoms with Crippen LogP contribution in [0.4, 0.5) is 0 Å². The van der Waals surface area contributed by atoms with E-state index in [2.05, 4.69) is 12.2 Å². The van der Waals surface area contributed by atoms with Gasteiger partial charge in [-0.1, -0.05) is 12.2 Å². The minimum atomic E-state index is -1.45. The quantitative estimate of drug-likeness (QED) is 0.0628. The first-order valence-electron chi connectivity index (χ1n) is 21.4. The van der Waals surface area contributed by atoms with Crippen LogP contribution in [0.2, 0.25) is 0 Å². The van der Waals surface area contributed by atoms with Crippen LogP contribution in [0.1, 0.15) is 127 Å². The average Bonchev–Trinajstić information content (AvgIpc) is 4.03. The Labute approximate surface area is 359 Å². The largest absolute Gasteiger partial charge is 0.481 e. The van der Waals surface area contributed by atoms with Crippen molar-refractivity contribution in [2.45, 2.75) is 148 Å². The zero-order chi connectivity index (χ0) is 44.2. The summed E-state index contributed by atoms with van der Waals surface area (Å²) in [4.78, 5) is 99.8. The van der Waals surface area contributed by atoms with E-state index < -0.39 is 102 Å². The molecule has 4 heterocycles. The molecule has 8 unspecified atom stereocenters. The van der Waals surface area contributed by atoms with Gasteiger partial charge in [0.15, 0.2) is 0 Å². The lowest BCUT2D eigenvalue weighted by molar-refractivity contribution is -0.188. The van der Waals surface area contributed by atoms with Gasteiger partial charge in [0.05, 0.1) is 0 Å². The van der Waals surface area contributed by atoms with Crippen molar-refractivity contribution >= 4 is 70.7 Å². The third-order valence-electron chi connectivity index (χ3n) is 14.4. The molecule has 4 aliphatic carbocycles. The fourth-order valence-corrected chi connectivity index (χ4v) is 14.3. The summed E-state index contributed by atoms with van der Waals surface area (Å²) >= 11 is 1.66. The summed E-state index contributed by atoms with van der Waals surface area (Å²) in [6.07, 6.45) is 7.20. The molecule has 2 aromatic heterocycles. The molecule has 0 radical (unpaired) electrons. The van der Waals surface area contributed by atoms with Gasteiger partial charge in [-0.05, 0) is 114 Å². The van der Waals surface area contributed by atoms with Crippen molar-refractivity contribution in [3.05, 3.63) is 35.4 Å². The third kappa shape index (κ3) is 8.02. The van der Waals surface area contributed by atoms with Crippen molar-refractivity contribution in [2.24, 2.45) is 23.7 Å². The Hall–Kier alpha value is -5.13. The third-order valence-corrected chi connectivity index (χ3v) is 15.9. The van der Waals surface area contributed by atoms with Crippen LogP contribution < -0.4 is 0 Å². The Bertz CT molecular complexity index is 2180. The number of fused-ring (bicyclic) bond motifs is 4. The first kappa shape index (κ1) is 43.5. The van der Waals surface area contributed by atoms with E-state index in [-0.39, 0.29) is 41.1 Å². The summed E-state index contributed by atoms with van der Waals surface area (Å²) in [5.74, 6) is -10.3. The summed E-state index contributed by atoms with van der Waals surface area (Å²) in [7, 11) is 0. The molecule has 4 bridgehead atoms. The smallest absolute Gasteiger partial charge is 0.318 e. The zero-order valence-corrected chi connectivity index (χ0v) is 34.8. The highest BCUT2D eigenvalue weighted by Gasteiger charge is 2.67. The highest BCUT2D eigenvalue weighted by Crippen LogP contribution is 2.66. The van der Waals surface area contributed by atoms with Gasteiger partial charge in [0.1, 0.15) is 59.3 Å². The number of carboxylic acids is 4. The number of aliphatic carboxylic acids is 4. The molecule has 4 N–H and O–H groups in total. The number of hydrogen-bond donors (Lipinski definition) is 4. The molecule has 2 aliphatic heterocycles. The molecule has 17 nitrogen and oxygen atoms in total. The van der Waals surface area contributed by atoms with Crippen molar-refractivity contribution in [1.82, 2.24) is 0 Å². The SMILES string of the molecule is O=C(O)CC(=O)OC1(c2c(C3(OC(=O)CC(=O)O)CCC(C4CCC(OC(=O)CC(=O)O)(C5C6C=CC(S6)C5C5(OC(=O)CC(=O)O)CCCC5)C4)C3)c3ccc2o3)CCCC1. The monoisotopic (exact) mass is 882 g/mol. The van der Waals surface area contributed by atoms with Crippen LogP contribution in [0.25, 0.3) is 11.2 Å². The maximum Gasteiger partial charge on any atom is 0.318 e. The maximum absolute atomic E-state index is 13.5. The van der Waals surface area contributed by atoms with Gasteiger partial charge in [0.25, 0.3) is 0 Å². The van der Waals surface area contributed by atoms with E-state index in [0.717, 1.165) is 12.8 Å². The molecule has 8 atom stereocenters. The number of ether oxygens (including phenoxy) is 4. The van der Waals surface area contributed by atoms with E-state index in [4.69, 9.17) is 23.4 Å². The number of carbonyl (C=O) groups is 8. The second kappa shape index (κ2) is 16.5. The molecule has 334 valence electrons. The summed E-state index contributed by atoms with van der Waals surface area (Å²) in [6, 6.07) is 3.42. The van der Waals surface area contributed by atoms with Crippen LogP contribution >= 0.6 is 11.8 Å². The maximum atomic E-state index is 13.5. The number of furan rings is 2. The summed E-state index contributed by atoms with van der Waals surface area (Å²) in [5.41, 5.74) is -3.31. The number of rotatable bonds is 17. The fourth-order valence-electron chi connectivity index (χ4n) is 12.4. The number of thioether (sulfide) groups is 1. The molecule has 0 aromatic carbocycles. The lowest BCUT2D eigenvalue weighted by Gasteiger charge is -2.48. The van der Waals surface area contributed by atoms with Gasteiger partial charge in [0, 0.05) is 33.5 Å². The second-order valence-corrected chi connectivity index (χ2v) is 19.5. The molecule has 6 aliphatic rings. The van der Waals surface area contributed by atoms with Gasteiger partial charge in [-0.15, -0.1) is 11.8 Å². The standard InChI is InChI=1S/C44H50O17S/c45-29(46)17-33(53)58-41(11-1-2-12-41)37-25-5-6-26(57-25)38(37)43(60-35(55)19-31(49)50)15-9-23(21-43)24-10-16-44(22-24,61-36(56)20-32(51)52)40-28-8-7-27(62-28)39(40)42(13-3-4-14-42)59-34(54)18-30(47)48/h5-8,23-24,27-28,39-40H,1-4,9-22H2,(H,45,46)(H,47,48)(H,49,50)(H,51,52). The minimum Gasteiger partial charge on any atom is -0.481 e. The van der Waals surface area contributed by atoms with Gasteiger partial charge in [-0.3, -0.25) is 38.4 Å². The van der Waals surface area contributed by atoms with Crippen LogP contribution in [0, 0.1) is 23.7 Å². The molecule has 1 saturated heterocycles. The molecule has 18 heteroatoms. The number of hydrogen-bond acceptors (Lipinski definition) is 14. The Morgan fingerprint density at radius 3 is 1.48 bits per heavy atom. The molecule has 0 spiro atoms. The molecule has 2 aromatic rings. The molecular weight excluding hydrogens is 833 g/mol. The molecule has 5 fully saturated rings. The summed E-state index contributed by atoms with van der Waals surface area (Å²) in [5, 5.41) is 37.7. The lowest BCUT2D eigenvalue weighted by Crippen LogP contribution is -2.56. The normalized spacial score (nSPS) is 31.6. The van der Waals surface area contributed by atoms with Gasteiger partial charge >= 0.3 is 47.8 Å². The second-order valence-electron chi connectivity index (χ2n) is 18.1. The Morgan fingerprint density at radius 2 is 0.952 bits per heavy atom. The van der Waals surface area contributed by atoms with Crippen molar-refractivity contribution in [3.63, 3.8) is 0 Å². The van der Waals surface area contributed by atoms with Crippen LogP contribution in [0.3, 0.4) is 0 Å². The van der Waals surface area contributed by atoms with Crippen LogP contribution in [0.5, 0.6) is 0 Å². The highest BCUT2D eigenvalue weighted by atomic mass is 32.2. The number of benzene rings is 1. The van der Waals surface area contributed by atoms with Crippen molar-refractivity contribution in [3.8, 4) is 0 Å².